The van der Waals surface area contributed by atoms with Gasteiger partial charge in [0.05, 0.1) is 15.2 Å². The number of nitro benzene ring substituents is 1. The number of hydrogen-bond donors (Lipinski definition) is 0. The van der Waals surface area contributed by atoms with Crippen molar-refractivity contribution >= 4 is 26.4 Å². The minimum absolute atomic E-state index is 0.0738. The Morgan fingerprint density at radius 2 is 1.92 bits per heavy atom. The Bertz CT molecular complexity index is 1050. The van der Waals surface area contributed by atoms with Crippen molar-refractivity contribution in [3.63, 3.8) is 0 Å². The molecule has 0 radical (unpaired) electrons. The lowest BCUT2D eigenvalue weighted by Crippen LogP contribution is -1.97. The van der Waals surface area contributed by atoms with Gasteiger partial charge in [-0.05, 0) is 36.4 Å². The van der Waals surface area contributed by atoms with E-state index in [4.69, 9.17) is 4.74 Å². The fraction of sp³-hybridized carbons (Fsp3) is 0.0625. The zero-order valence-electron chi connectivity index (χ0n) is 12.5. The van der Waals surface area contributed by atoms with Crippen molar-refractivity contribution in [2.45, 2.75) is 4.90 Å². The van der Waals surface area contributed by atoms with Gasteiger partial charge in [-0.25, -0.2) is 8.42 Å². The van der Waals surface area contributed by atoms with Gasteiger partial charge in [-0.3, -0.25) is 15.1 Å². The highest BCUT2D eigenvalue weighted by molar-refractivity contribution is 7.90. The molecule has 0 saturated heterocycles. The number of hydrogen-bond acceptors (Lipinski definition) is 6. The van der Waals surface area contributed by atoms with Gasteiger partial charge in [0.15, 0.2) is 15.6 Å². The van der Waals surface area contributed by atoms with Gasteiger partial charge >= 0.3 is 0 Å². The number of nitro groups is 1. The van der Waals surface area contributed by atoms with Crippen LogP contribution in [-0.4, -0.2) is 24.6 Å². The van der Waals surface area contributed by atoms with Gasteiger partial charge in [-0.1, -0.05) is 6.07 Å². The summed E-state index contributed by atoms with van der Waals surface area (Å²) in [5, 5.41) is 11.5. The van der Waals surface area contributed by atoms with E-state index in [9.17, 15) is 18.5 Å². The Morgan fingerprint density at radius 1 is 1.12 bits per heavy atom. The van der Waals surface area contributed by atoms with Gasteiger partial charge in [0.2, 0.25) is 0 Å². The number of sulfone groups is 1. The van der Waals surface area contributed by atoms with E-state index in [0.717, 1.165) is 6.26 Å². The lowest BCUT2D eigenvalue weighted by Gasteiger charge is -2.09. The van der Waals surface area contributed by atoms with Crippen LogP contribution in [0.1, 0.15) is 0 Å². The topological polar surface area (TPSA) is 99.4 Å². The van der Waals surface area contributed by atoms with E-state index < -0.39 is 14.8 Å². The zero-order valence-corrected chi connectivity index (χ0v) is 13.4. The second kappa shape index (κ2) is 5.89. The van der Waals surface area contributed by atoms with Crippen LogP contribution < -0.4 is 4.74 Å². The molecule has 3 rings (SSSR count). The Labute approximate surface area is 137 Å². The van der Waals surface area contributed by atoms with Gasteiger partial charge < -0.3 is 4.74 Å². The van der Waals surface area contributed by atoms with Crippen molar-refractivity contribution in [2.24, 2.45) is 0 Å². The molecule has 0 aliphatic heterocycles. The normalized spacial score (nSPS) is 11.4. The average Bonchev–Trinajstić information content (AvgIpc) is 2.54. The first-order valence-electron chi connectivity index (χ1n) is 6.86. The van der Waals surface area contributed by atoms with Crippen LogP contribution in [0.15, 0.2) is 59.6 Å². The first-order chi connectivity index (χ1) is 11.4. The molecule has 3 aromatic rings. The molecule has 0 unspecified atom stereocenters. The van der Waals surface area contributed by atoms with Crippen molar-refractivity contribution in [3.8, 4) is 11.5 Å². The fourth-order valence-electron chi connectivity index (χ4n) is 2.27. The van der Waals surface area contributed by atoms with Crippen LogP contribution in [0.3, 0.4) is 0 Å². The van der Waals surface area contributed by atoms with Crippen LogP contribution in [0, 0.1) is 10.1 Å². The monoisotopic (exact) mass is 344 g/mol. The summed E-state index contributed by atoms with van der Waals surface area (Å²) < 4.78 is 29.0. The smallest absolute Gasteiger partial charge is 0.279 e. The Morgan fingerprint density at radius 3 is 2.62 bits per heavy atom. The average molecular weight is 344 g/mol. The van der Waals surface area contributed by atoms with Crippen LogP contribution in [0.5, 0.6) is 11.5 Å². The summed E-state index contributed by atoms with van der Waals surface area (Å²) in [7, 11) is -3.36. The first-order valence-corrected chi connectivity index (χ1v) is 8.75. The Balaban J connectivity index is 2.09. The highest BCUT2D eigenvalue weighted by atomic mass is 32.2. The van der Waals surface area contributed by atoms with Gasteiger partial charge in [0, 0.05) is 18.5 Å². The maximum absolute atomic E-state index is 11.6. The molecule has 0 aliphatic carbocycles. The van der Waals surface area contributed by atoms with Crippen LogP contribution in [0.2, 0.25) is 0 Å². The standard InChI is InChI=1S/C16H12N2O5S/c1-24(21,22)12-5-2-4-11(10-12)23-15-8-7-14(18(19)20)13-6-3-9-17-16(13)15/h2-10H,1H3. The van der Waals surface area contributed by atoms with Gasteiger partial charge in [-0.2, -0.15) is 0 Å². The summed E-state index contributed by atoms with van der Waals surface area (Å²) in [4.78, 5) is 14.9. The largest absolute Gasteiger partial charge is 0.455 e. The third kappa shape index (κ3) is 3.04. The predicted molar refractivity (Wildman–Crippen MR) is 88.0 cm³/mol. The molecular formula is C16H12N2O5S. The van der Waals surface area contributed by atoms with Crippen molar-refractivity contribution < 1.29 is 18.1 Å². The van der Waals surface area contributed by atoms with Gasteiger partial charge in [0.25, 0.3) is 5.69 Å². The second-order valence-corrected chi connectivity index (χ2v) is 7.10. The summed E-state index contributed by atoms with van der Waals surface area (Å²) in [6.45, 7) is 0. The molecule has 0 aliphatic rings. The molecular weight excluding hydrogens is 332 g/mol. The number of nitrogens with zero attached hydrogens (tertiary/aromatic N) is 2. The summed E-state index contributed by atoms with van der Waals surface area (Å²) in [5.41, 5.74) is 0.256. The molecule has 0 amide bonds. The van der Waals surface area contributed by atoms with Gasteiger partial charge in [0.1, 0.15) is 11.3 Å². The highest BCUT2D eigenvalue weighted by Crippen LogP contribution is 2.34. The number of rotatable bonds is 4. The lowest BCUT2D eigenvalue weighted by molar-refractivity contribution is -0.383. The van der Waals surface area contributed by atoms with Crippen LogP contribution >= 0.6 is 0 Å². The second-order valence-electron chi connectivity index (χ2n) is 5.09. The molecule has 1 aromatic heterocycles. The molecule has 0 spiro atoms. The molecule has 0 atom stereocenters. The Hall–Kier alpha value is -3.00. The SMILES string of the molecule is CS(=O)(=O)c1cccc(Oc2ccc([N+](=O)[O-])c3cccnc23)c1. The van der Waals surface area contributed by atoms with Crippen LogP contribution in [-0.2, 0) is 9.84 Å². The highest BCUT2D eigenvalue weighted by Gasteiger charge is 2.16. The fourth-order valence-corrected chi connectivity index (χ4v) is 2.92. The van der Waals surface area contributed by atoms with E-state index in [1.54, 1.807) is 24.3 Å². The number of non-ortho nitro benzene ring substituents is 1. The van der Waals surface area contributed by atoms with Crippen LogP contribution in [0.4, 0.5) is 5.69 Å². The van der Waals surface area contributed by atoms with Crippen molar-refractivity contribution in [2.75, 3.05) is 6.26 Å². The number of fused-ring (bicyclic) bond motifs is 1. The predicted octanol–water partition coefficient (Wildman–Crippen LogP) is 3.34. The molecule has 2 aromatic carbocycles. The number of benzene rings is 2. The Kier molecular flexibility index (Phi) is 3.90. The third-order valence-corrected chi connectivity index (χ3v) is 4.48. The zero-order chi connectivity index (χ0) is 17.3. The van der Waals surface area contributed by atoms with E-state index in [0.29, 0.717) is 22.4 Å². The van der Waals surface area contributed by atoms with Crippen molar-refractivity contribution in [1.82, 2.24) is 4.98 Å². The minimum Gasteiger partial charge on any atom is -0.455 e. The van der Waals surface area contributed by atoms with Gasteiger partial charge in [-0.15, -0.1) is 0 Å². The number of ether oxygens (including phenoxy) is 1. The van der Waals surface area contributed by atoms with E-state index in [1.165, 1.54) is 30.5 Å². The maximum Gasteiger partial charge on any atom is 0.279 e. The maximum atomic E-state index is 11.6. The summed E-state index contributed by atoms with van der Waals surface area (Å²) in [6, 6.07) is 12.0. The quantitative estimate of drug-likeness (QED) is 0.531. The third-order valence-electron chi connectivity index (χ3n) is 3.37. The van der Waals surface area contributed by atoms with E-state index in [2.05, 4.69) is 4.98 Å². The molecule has 24 heavy (non-hydrogen) atoms. The molecule has 0 N–H and O–H groups in total. The van der Waals surface area contributed by atoms with E-state index in [1.807, 2.05) is 0 Å². The number of pyridine rings is 1. The number of aromatic nitrogens is 1. The molecule has 8 heteroatoms. The summed E-state index contributed by atoms with van der Waals surface area (Å²) >= 11 is 0. The lowest BCUT2D eigenvalue weighted by atomic mass is 10.1. The summed E-state index contributed by atoms with van der Waals surface area (Å²) in [6.07, 6.45) is 2.61. The van der Waals surface area contributed by atoms with Crippen molar-refractivity contribution in [1.29, 1.82) is 0 Å². The first kappa shape index (κ1) is 15.9. The van der Waals surface area contributed by atoms with Crippen molar-refractivity contribution in [3.05, 3.63) is 64.8 Å². The van der Waals surface area contributed by atoms with E-state index >= 15 is 0 Å². The molecule has 1 heterocycles. The van der Waals surface area contributed by atoms with E-state index in [-0.39, 0.29) is 10.6 Å². The molecule has 7 nitrogen and oxygen atoms in total. The molecule has 0 saturated carbocycles. The molecule has 122 valence electrons. The van der Waals surface area contributed by atoms with Crippen LogP contribution in [0.25, 0.3) is 10.9 Å². The summed E-state index contributed by atoms with van der Waals surface area (Å²) in [5.74, 6) is 0.612. The minimum atomic E-state index is -3.36. The molecule has 0 bridgehead atoms. The molecule has 0 fully saturated rings.